The number of rotatable bonds is 1. The normalized spacial score (nSPS) is 22.5. The van der Waals surface area contributed by atoms with Crippen molar-refractivity contribution in [1.82, 2.24) is 4.90 Å². The molecule has 3 rings (SSSR count). The lowest BCUT2D eigenvalue weighted by Gasteiger charge is -2.33. The van der Waals surface area contributed by atoms with Crippen molar-refractivity contribution in [3.05, 3.63) is 46.3 Å². The number of para-hydroxylation sites is 1. The van der Waals surface area contributed by atoms with Gasteiger partial charge in [0.1, 0.15) is 5.58 Å². The molecule has 1 aromatic heterocycles. The lowest BCUT2D eigenvalue weighted by atomic mass is 9.96. The molecule has 2 unspecified atom stereocenters. The molecule has 1 amide bonds. The molecule has 5 heteroatoms. The van der Waals surface area contributed by atoms with Gasteiger partial charge >= 0.3 is 0 Å². The predicted octanol–water partition coefficient (Wildman–Crippen LogP) is 1.64. The van der Waals surface area contributed by atoms with E-state index in [-0.39, 0.29) is 29.1 Å². The average molecular weight is 287 g/mol. The lowest BCUT2D eigenvalue weighted by Crippen LogP contribution is -2.45. The van der Waals surface area contributed by atoms with Crippen LogP contribution in [0.1, 0.15) is 23.9 Å². The third-order valence-electron chi connectivity index (χ3n) is 3.99. The van der Waals surface area contributed by atoms with Gasteiger partial charge in [0, 0.05) is 19.2 Å². The minimum Gasteiger partial charge on any atom is -0.451 e. The number of likely N-dealkylation sites (tertiary alicyclic amines) is 1. The zero-order chi connectivity index (χ0) is 15.0. The van der Waals surface area contributed by atoms with E-state index < -0.39 is 0 Å². The minimum atomic E-state index is -0.377. The van der Waals surface area contributed by atoms with Crippen LogP contribution in [-0.4, -0.2) is 35.1 Å². The highest BCUT2D eigenvalue weighted by Gasteiger charge is 2.29. The van der Waals surface area contributed by atoms with Gasteiger partial charge in [-0.1, -0.05) is 19.1 Å². The molecule has 1 saturated heterocycles. The van der Waals surface area contributed by atoms with Crippen LogP contribution in [0.15, 0.2) is 39.5 Å². The van der Waals surface area contributed by atoms with E-state index in [1.807, 2.05) is 6.92 Å². The van der Waals surface area contributed by atoms with Gasteiger partial charge in [0.05, 0.1) is 11.5 Å². The maximum Gasteiger partial charge on any atom is 0.289 e. The summed E-state index contributed by atoms with van der Waals surface area (Å²) in [5.41, 5.74) is 0.198. The summed E-state index contributed by atoms with van der Waals surface area (Å²) in [6.45, 7) is 2.85. The second kappa shape index (κ2) is 5.33. The summed E-state index contributed by atoms with van der Waals surface area (Å²) in [6, 6.07) is 8.12. The Kier molecular flexibility index (Phi) is 3.51. The van der Waals surface area contributed by atoms with Crippen LogP contribution in [0.5, 0.6) is 0 Å². The van der Waals surface area contributed by atoms with Crippen LogP contribution in [0.2, 0.25) is 0 Å². The first-order chi connectivity index (χ1) is 10.1. The number of aliphatic hydroxyl groups excluding tert-OH is 1. The molecular weight excluding hydrogens is 270 g/mol. The van der Waals surface area contributed by atoms with Gasteiger partial charge in [-0.2, -0.15) is 0 Å². The van der Waals surface area contributed by atoms with Crippen molar-refractivity contribution in [3.8, 4) is 0 Å². The van der Waals surface area contributed by atoms with Crippen molar-refractivity contribution in [2.24, 2.45) is 5.92 Å². The van der Waals surface area contributed by atoms with E-state index in [9.17, 15) is 14.7 Å². The molecule has 2 atom stereocenters. The Labute approximate surface area is 121 Å². The Morgan fingerprint density at radius 1 is 1.38 bits per heavy atom. The third-order valence-corrected chi connectivity index (χ3v) is 3.99. The van der Waals surface area contributed by atoms with Crippen molar-refractivity contribution in [1.29, 1.82) is 0 Å². The van der Waals surface area contributed by atoms with Crippen molar-refractivity contribution < 1.29 is 14.3 Å². The summed E-state index contributed by atoms with van der Waals surface area (Å²) in [5, 5.41) is 10.2. The summed E-state index contributed by atoms with van der Waals surface area (Å²) < 4.78 is 5.57. The fourth-order valence-corrected chi connectivity index (χ4v) is 2.68. The molecule has 0 aliphatic carbocycles. The topological polar surface area (TPSA) is 70.8 Å². The number of fused-ring (bicyclic) bond motifs is 1. The smallest absolute Gasteiger partial charge is 0.289 e. The summed E-state index contributed by atoms with van der Waals surface area (Å²) in [5.74, 6) is -0.214. The molecule has 0 bridgehead atoms. The van der Waals surface area contributed by atoms with Crippen LogP contribution in [0.4, 0.5) is 0 Å². The van der Waals surface area contributed by atoms with Crippen molar-refractivity contribution in [2.45, 2.75) is 19.4 Å². The van der Waals surface area contributed by atoms with E-state index in [0.29, 0.717) is 30.5 Å². The number of hydrogen-bond acceptors (Lipinski definition) is 4. The number of hydrogen-bond donors (Lipinski definition) is 1. The fraction of sp³-hybridized carbons (Fsp3) is 0.375. The zero-order valence-corrected chi connectivity index (χ0v) is 11.8. The molecule has 0 saturated carbocycles. The van der Waals surface area contributed by atoms with Crippen LogP contribution in [0.25, 0.3) is 11.0 Å². The largest absolute Gasteiger partial charge is 0.451 e. The molecule has 21 heavy (non-hydrogen) atoms. The van der Waals surface area contributed by atoms with Gasteiger partial charge in [0.25, 0.3) is 5.91 Å². The number of benzene rings is 1. The number of carbonyl (C=O) groups excluding carboxylic acids is 1. The lowest BCUT2D eigenvalue weighted by molar-refractivity contribution is 0.0280. The molecule has 5 nitrogen and oxygen atoms in total. The average Bonchev–Trinajstić information content (AvgIpc) is 2.49. The van der Waals surface area contributed by atoms with Crippen LogP contribution >= 0.6 is 0 Å². The summed E-state index contributed by atoms with van der Waals surface area (Å²) in [6.07, 6.45) is 0.169. The van der Waals surface area contributed by atoms with Gasteiger partial charge < -0.3 is 14.4 Å². The number of carbonyl (C=O) groups is 1. The van der Waals surface area contributed by atoms with E-state index >= 15 is 0 Å². The monoisotopic (exact) mass is 287 g/mol. The Bertz CT molecular complexity index is 736. The number of amides is 1. The number of piperidine rings is 1. The molecule has 1 aliphatic rings. The fourth-order valence-electron chi connectivity index (χ4n) is 2.68. The second-order valence-electron chi connectivity index (χ2n) is 5.56. The molecular formula is C16H17NO4. The molecule has 0 radical (unpaired) electrons. The first-order valence-corrected chi connectivity index (χ1v) is 7.06. The van der Waals surface area contributed by atoms with E-state index in [4.69, 9.17) is 4.42 Å². The maximum absolute atomic E-state index is 12.5. The quantitative estimate of drug-likeness (QED) is 0.865. The summed E-state index contributed by atoms with van der Waals surface area (Å²) in [4.78, 5) is 26.1. The summed E-state index contributed by atoms with van der Waals surface area (Å²) in [7, 11) is 0. The van der Waals surface area contributed by atoms with Gasteiger partial charge in [-0.3, -0.25) is 9.59 Å². The van der Waals surface area contributed by atoms with E-state index in [2.05, 4.69) is 0 Å². The molecule has 2 heterocycles. The van der Waals surface area contributed by atoms with Crippen LogP contribution < -0.4 is 5.43 Å². The molecule has 0 spiro atoms. The SMILES string of the molecule is CC1CN(C(=O)c2cc(=O)c3ccccc3o2)CCC1O. The Morgan fingerprint density at radius 2 is 2.14 bits per heavy atom. The van der Waals surface area contributed by atoms with Gasteiger partial charge in [-0.05, 0) is 24.5 Å². The maximum atomic E-state index is 12.5. The summed E-state index contributed by atoms with van der Waals surface area (Å²) >= 11 is 0. The number of aliphatic hydroxyl groups is 1. The van der Waals surface area contributed by atoms with E-state index in [1.165, 1.54) is 6.07 Å². The molecule has 2 aromatic rings. The minimum absolute atomic E-state index is 0.0230. The first kappa shape index (κ1) is 13.8. The van der Waals surface area contributed by atoms with Crippen molar-refractivity contribution in [3.63, 3.8) is 0 Å². The highest BCUT2D eigenvalue weighted by atomic mass is 16.3. The first-order valence-electron chi connectivity index (χ1n) is 7.06. The Hall–Kier alpha value is -2.14. The molecule has 1 N–H and O–H groups in total. The van der Waals surface area contributed by atoms with Crippen LogP contribution in [0, 0.1) is 5.92 Å². The van der Waals surface area contributed by atoms with Crippen molar-refractivity contribution >= 4 is 16.9 Å². The van der Waals surface area contributed by atoms with Gasteiger partial charge in [0.2, 0.25) is 0 Å². The number of nitrogens with zero attached hydrogens (tertiary/aromatic N) is 1. The van der Waals surface area contributed by atoms with Crippen LogP contribution in [-0.2, 0) is 0 Å². The van der Waals surface area contributed by atoms with Gasteiger partial charge in [-0.15, -0.1) is 0 Å². The van der Waals surface area contributed by atoms with E-state index in [0.717, 1.165) is 0 Å². The van der Waals surface area contributed by atoms with Gasteiger partial charge in [0.15, 0.2) is 11.2 Å². The predicted molar refractivity (Wildman–Crippen MR) is 78.2 cm³/mol. The van der Waals surface area contributed by atoms with Crippen LogP contribution in [0.3, 0.4) is 0 Å². The van der Waals surface area contributed by atoms with Gasteiger partial charge in [-0.25, -0.2) is 0 Å². The standard InChI is InChI=1S/C16H17NO4/c1-10-9-17(7-6-12(10)18)16(20)15-8-13(19)11-4-2-3-5-14(11)21-15/h2-5,8,10,12,18H,6-7,9H2,1H3. The highest BCUT2D eigenvalue weighted by molar-refractivity contribution is 5.93. The Balaban J connectivity index is 1.93. The van der Waals surface area contributed by atoms with Crippen molar-refractivity contribution in [2.75, 3.05) is 13.1 Å². The third kappa shape index (κ3) is 2.56. The molecule has 1 aliphatic heterocycles. The highest BCUT2D eigenvalue weighted by Crippen LogP contribution is 2.19. The molecule has 1 aromatic carbocycles. The zero-order valence-electron chi connectivity index (χ0n) is 11.8. The Morgan fingerprint density at radius 3 is 2.90 bits per heavy atom. The van der Waals surface area contributed by atoms with E-state index in [1.54, 1.807) is 29.2 Å². The second-order valence-corrected chi connectivity index (χ2v) is 5.56. The molecule has 1 fully saturated rings. The molecule has 110 valence electrons.